The van der Waals surface area contributed by atoms with Crippen molar-refractivity contribution in [3.05, 3.63) is 46.8 Å². The van der Waals surface area contributed by atoms with Gasteiger partial charge in [-0.1, -0.05) is 29.8 Å². The quantitative estimate of drug-likeness (QED) is 0.596. The molecule has 2 rings (SSSR count). The van der Waals surface area contributed by atoms with Crippen LogP contribution in [0.1, 0.15) is 28.9 Å². The number of methoxy groups -OCH3 is 1. The van der Waals surface area contributed by atoms with Crippen molar-refractivity contribution in [3.8, 4) is 0 Å². The van der Waals surface area contributed by atoms with Crippen molar-refractivity contribution in [2.75, 3.05) is 25.6 Å². The van der Waals surface area contributed by atoms with Gasteiger partial charge >= 0.3 is 0 Å². The summed E-state index contributed by atoms with van der Waals surface area (Å²) in [4.78, 5) is 0. The third-order valence-corrected chi connectivity index (χ3v) is 4.09. The molecule has 0 spiro atoms. The Morgan fingerprint density at radius 3 is 2.79 bits per heavy atom. The second-order valence-corrected chi connectivity index (χ2v) is 6.33. The summed E-state index contributed by atoms with van der Waals surface area (Å²) in [5, 5.41) is 11.7. The van der Waals surface area contributed by atoms with Crippen LogP contribution < -0.4 is 10.6 Å². The van der Waals surface area contributed by atoms with Crippen molar-refractivity contribution in [2.45, 2.75) is 33.7 Å². The fourth-order valence-electron chi connectivity index (χ4n) is 2.59. The molecule has 130 valence electrons. The van der Waals surface area contributed by atoms with Gasteiger partial charge < -0.3 is 15.4 Å². The van der Waals surface area contributed by atoms with Gasteiger partial charge in [-0.05, 0) is 45.0 Å². The molecule has 0 bridgehead atoms. The van der Waals surface area contributed by atoms with Crippen molar-refractivity contribution in [2.24, 2.45) is 0 Å². The summed E-state index contributed by atoms with van der Waals surface area (Å²) in [5.74, 6) is 0. The highest BCUT2D eigenvalue weighted by Crippen LogP contribution is 2.20. The molecule has 0 radical (unpaired) electrons. The molecule has 0 atom stereocenters. The number of hydrogen-bond acceptors (Lipinski definition) is 3. The molecule has 1 aromatic carbocycles. The van der Waals surface area contributed by atoms with Gasteiger partial charge in [0.05, 0.1) is 23.6 Å². The minimum atomic E-state index is 0.618. The van der Waals surface area contributed by atoms with Crippen LogP contribution in [0.25, 0.3) is 0 Å². The van der Waals surface area contributed by atoms with E-state index in [4.69, 9.17) is 17.0 Å². The van der Waals surface area contributed by atoms with E-state index in [-0.39, 0.29) is 0 Å². The molecule has 0 aliphatic heterocycles. The molecule has 1 aromatic heterocycles. The lowest BCUT2D eigenvalue weighted by molar-refractivity contribution is 0.196. The number of nitrogens with one attached hydrogen (secondary N) is 2. The van der Waals surface area contributed by atoms with E-state index in [1.54, 1.807) is 7.11 Å². The topological polar surface area (TPSA) is 51.1 Å². The Bertz CT molecular complexity index is 696. The maximum atomic E-state index is 5.36. The summed E-state index contributed by atoms with van der Waals surface area (Å²) in [5.41, 5.74) is 5.50. The van der Waals surface area contributed by atoms with Crippen molar-refractivity contribution in [1.29, 1.82) is 0 Å². The van der Waals surface area contributed by atoms with Crippen molar-refractivity contribution in [3.63, 3.8) is 0 Å². The average molecular weight is 347 g/mol. The third-order valence-electron chi connectivity index (χ3n) is 3.85. The van der Waals surface area contributed by atoms with E-state index in [2.05, 4.69) is 53.8 Å². The second-order valence-electron chi connectivity index (χ2n) is 5.92. The first kappa shape index (κ1) is 18.4. The number of thiocarbonyl (C=S) groups is 1. The summed E-state index contributed by atoms with van der Waals surface area (Å²) in [7, 11) is 1.70. The molecule has 2 aromatic rings. The molecular formula is C18H26N4OS. The van der Waals surface area contributed by atoms with Crippen LogP contribution in [-0.2, 0) is 11.3 Å². The molecule has 0 saturated carbocycles. The van der Waals surface area contributed by atoms with E-state index in [0.717, 1.165) is 43.2 Å². The van der Waals surface area contributed by atoms with E-state index in [1.807, 2.05) is 11.6 Å². The summed E-state index contributed by atoms with van der Waals surface area (Å²) in [6, 6.07) is 8.49. The highest BCUT2D eigenvalue weighted by atomic mass is 32.1. The van der Waals surface area contributed by atoms with Gasteiger partial charge in [-0.15, -0.1) is 0 Å². The van der Waals surface area contributed by atoms with Gasteiger partial charge in [0.1, 0.15) is 0 Å². The Hall–Kier alpha value is -1.92. The standard InChI is InChI=1S/C18H26N4OS/c1-13-7-5-8-16(11-13)12-22-15(3)17(14(2)21-22)20-18(24)19-9-6-10-23-4/h5,7-8,11H,6,9-10,12H2,1-4H3,(H2,19,20,24). The first-order valence-electron chi connectivity index (χ1n) is 8.14. The minimum Gasteiger partial charge on any atom is -0.385 e. The summed E-state index contributed by atoms with van der Waals surface area (Å²) in [6.45, 7) is 8.42. The summed E-state index contributed by atoms with van der Waals surface area (Å²) >= 11 is 5.36. The predicted molar refractivity (Wildman–Crippen MR) is 103 cm³/mol. The van der Waals surface area contributed by atoms with Crippen LogP contribution in [0.3, 0.4) is 0 Å². The van der Waals surface area contributed by atoms with Crippen LogP contribution in [0.5, 0.6) is 0 Å². The maximum Gasteiger partial charge on any atom is 0.170 e. The molecule has 6 heteroatoms. The van der Waals surface area contributed by atoms with E-state index >= 15 is 0 Å². The van der Waals surface area contributed by atoms with Gasteiger partial charge in [-0.2, -0.15) is 5.10 Å². The van der Waals surface area contributed by atoms with Crippen LogP contribution in [0.2, 0.25) is 0 Å². The Morgan fingerprint density at radius 1 is 1.29 bits per heavy atom. The Morgan fingerprint density at radius 2 is 2.08 bits per heavy atom. The van der Waals surface area contributed by atoms with Crippen molar-refractivity contribution in [1.82, 2.24) is 15.1 Å². The molecule has 0 aliphatic rings. The van der Waals surface area contributed by atoms with E-state index in [1.165, 1.54) is 11.1 Å². The van der Waals surface area contributed by atoms with Gasteiger partial charge in [0, 0.05) is 20.3 Å². The zero-order chi connectivity index (χ0) is 17.5. The largest absolute Gasteiger partial charge is 0.385 e. The molecular weight excluding hydrogens is 320 g/mol. The fraction of sp³-hybridized carbons (Fsp3) is 0.444. The number of benzene rings is 1. The van der Waals surface area contributed by atoms with Gasteiger partial charge in [0.15, 0.2) is 5.11 Å². The SMILES string of the molecule is COCCCNC(=S)Nc1c(C)nn(Cc2cccc(C)c2)c1C. The number of aromatic nitrogens is 2. The second kappa shape index (κ2) is 8.80. The maximum absolute atomic E-state index is 5.36. The fourth-order valence-corrected chi connectivity index (χ4v) is 2.80. The molecule has 0 saturated heterocycles. The zero-order valence-electron chi connectivity index (χ0n) is 14.8. The van der Waals surface area contributed by atoms with Crippen LogP contribution in [0.4, 0.5) is 5.69 Å². The normalized spacial score (nSPS) is 10.7. The van der Waals surface area contributed by atoms with Crippen LogP contribution in [0, 0.1) is 20.8 Å². The van der Waals surface area contributed by atoms with Crippen molar-refractivity contribution < 1.29 is 4.74 Å². The first-order chi connectivity index (χ1) is 11.5. The van der Waals surface area contributed by atoms with E-state index in [0.29, 0.717) is 5.11 Å². The predicted octanol–water partition coefficient (Wildman–Crippen LogP) is 3.18. The van der Waals surface area contributed by atoms with Gasteiger partial charge in [0.2, 0.25) is 0 Å². The lowest BCUT2D eigenvalue weighted by Gasteiger charge is -2.11. The van der Waals surface area contributed by atoms with Crippen LogP contribution >= 0.6 is 12.2 Å². The highest BCUT2D eigenvalue weighted by Gasteiger charge is 2.13. The molecule has 24 heavy (non-hydrogen) atoms. The Labute approximate surface area is 149 Å². The number of hydrogen-bond donors (Lipinski definition) is 2. The number of rotatable bonds is 7. The molecule has 0 aliphatic carbocycles. The van der Waals surface area contributed by atoms with Crippen LogP contribution in [-0.4, -0.2) is 35.2 Å². The lowest BCUT2D eigenvalue weighted by Crippen LogP contribution is -2.30. The lowest BCUT2D eigenvalue weighted by atomic mass is 10.1. The number of nitrogens with zero attached hydrogens (tertiary/aromatic N) is 2. The molecule has 5 nitrogen and oxygen atoms in total. The average Bonchev–Trinajstić information content (AvgIpc) is 2.79. The highest BCUT2D eigenvalue weighted by molar-refractivity contribution is 7.80. The smallest absolute Gasteiger partial charge is 0.170 e. The minimum absolute atomic E-state index is 0.618. The van der Waals surface area contributed by atoms with E-state index in [9.17, 15) is 0 Å². The van der Waals surface area contributed by atoms with E-state index < -0.39 is 0 Å². The molecule has 0 amide bonds. The van der Waals surface area contributed by atoms with Crippen molar-refractivity contribution >= 4 is 23.0 Å². The van der Waals surface area contributed by atoms with Crippen LogP contribution in [0.15, 0.2) is 24.3 Å². The van der Waals surface area contributed by atoms with Gasteiger partial charge in [0.25, 0.3) is 0 Å². The Balaban J connectivity index is 2.02. The zero-order valence-corrected chi connectivity index (χ0v) is 15.7. The first-order valence-corrected chi connectivity index (χ1v) is 8.55. The number of ether oxygens (including phenoxy) is 1. The molecule has 0 unspecified atom stereocenters. The van der Waals surface area contributed by atoms with Gasteiger partial charge in [-0.25, -0.2) is 0 Å². The van der Waals surface area contributed by atoms with Gasteiger partial charge in [-0.3, -0.25) is 4.68 Å². The summed E-state index contributed by atoms with van der Waals surface area (Å²) < 4.78 is 7.05. The molecule has 2 N–H and O–H groups in total. The number of anilines is 1. The Kier molecular flexibility index (Phi) is 6.75. The number of aryl methyl sites for hydroxylation is 2. The molecule has 0 fully saturated rings. The monoisotopic (exact) mass is 346 g/mol. The summed E-state index contributed by atoms with van der Waals surface area (Å²) in [6.07, 6.45) is 0.920. The third kappa shape index (κ3) is 5.04. The molecule has 1 heterocycles.